The van der Waals surface area contributed by atoms with Crippen LogP contribution in [0.5, 0.6) is 0 Å². The van der Waals surface area contributed by atoms with Gasteiger partial charge in [0.15, 0.2) is 11.6 Å². The summed E-state index contributed by atoms with van der Waals surface area (Å²) in [5, 5.41) is 8.76. The maximum absolute atomic E-state index is 13.0. The maximum atomic E-state index is 13.0. The number of anilines is 2. The van der Waals surface area contributed by atoms with Gasteiger partial charge in [-0.25, -0.2) is 4.39 Å². The molecular weight excluding hydrogens is 345 g/mol. The van der Waals surface area contributed by atoms with Crippen LogP contribution in [0.15, 0.2) is 36.4 Å². The summed E-state index contributed by atoms with van der Waals surface area (Å²) in [6.45, 7) is 4.93. The van der Waals surface area contributed by atoms with E-state index in [1.807, 2.05) is 17.0 Å². The molecule has 0 aliphatic carbocycles. The lowest BCUT2D eigenvalue weighted by atomic mass is 10.1. The number of halogens is 1. The number of hydrogen-bond acceptors (Lipinski definition) is 5. The predicted octanol–water partition coefficient (Wildman–Crippen LogP) is 2.11. The number of carbonyl (C=O) groups is 1. The molecule has 7 heteroatoms. The van der Waals surface area contributed by atoms with Crippen LogP contribution in [0.4, 0.5) is 16.0 Å². The van der Waals surface area contributed by atoms with Gasteiger partial charge in [0.25, 0.3) is 0 Å². The van der Waals surface area contributed by atoms with E-state index < -0.39 is 0 Å². The zero-order chi connectivity index (χ0) is 18.6. The van der Waals surface area contributed by atoms with E-state index in [2.05, 4.69) is 20.0 Å². The molecule has 0 bridgehead atoms. The third-order valence-corrected chi connectivity index (χ3v) is 5.29. The average Bonchev–Trinajstić information content (AvgIpc) is 3.25. The van der Waals surface area contributed by atoms with Crippen LogP contribution in [0.3, 0.4) is 0 Å². The molecule has 27 heavy (non-hydrogen) atoms. The quantitative estimate of drug-likeness (QED) is 0.826. The first-order valence-electron chi connectivity index (χ1n) is 9.55. The van der Waals surface area contributed by atoms with Crippen molar-refractivity contribution in [2.45, 2.75) is 19.3 Å². The molecule has 2 saturated heterocycles. The summed E-state index contributed by atoms with van der Waals surface area (Å²) in [5.41, 5.74) is 0.840. The smallest absolute Gasteiger partial charge is 0.227 e. The Morgan fingerprint density at radius 1 is 0.815 bits per heavy atom. The van der Waals surface area contributed by atoms with Crippen LogP contribution in [0.25, 0.3) is 0 Å². The van der Waals surface area contributed by atoms with Crippen LogP contribution in [-0.4, -0.2) is 60.3 Å². The standard InChI is InChI=1S/C20H24FN5O/c21-17-5-3-16(4-6-17)15-20(27)26-13-11-25(12-14-26)19-8-7-18(22-23-19)24-9-1-2-10-24/h3-8H,1-2,9-15H2. The van der Waals surface area contributed by atoms with E-state index in [1.165, 1.54) is 25.0 Å². The van der Waals surface area contributed by atoms with Crippen molar-refractivity contribution >= 4 is 17.5 Å². The molecule has 6 nitrogen and oxygen atoms in total. The third kappa shape index (κ3) is 4.18. The van der Waals surface area contributed by atoms with Crippen LogP contribution >= 0.6 is 0 Å². The Morgan fingerprint density at radius 2 is 1.37 bits per heavy atom. The van der Waals surface area contributed by atoms with Gasteiger partial charge >= 0.3 is 0 Å². The lowest BCUT2D eigenvalue weighted by Gasteiger charge is -2.35. The normalized spacial score (nSPS) is 17.4. The minimum absolute atomic E-state index is 0.0803. The molecule has 2 aromatic rings. The van der Waals surface area contributed by atoms with Crippen molar-refractivity contribution in [2.24, 2.45) is 0 Å². The topological polar surface area (TPSA) is 52.6 Å². The highest BCUT2D eigenvalue weighted by molar-refractivity contribution is 5.79. The Balaban J connectivity index is 1.30. The number of piperazine rings is 1. The van der Waals surface area contributed by atoms with Crippen molar-refractivity contribution in [1.82, 2.24) is 15.1 Å². The third-order valence-electron chi connectivity index (χ3n) is 5.29. The zero-order valence-electron chi connectivity index (χ0n) is 15.4. The highest BCUT2D eigenvalue weighted by Crippen LogP contribution is 2.20. The van der Waals surface area contributed by atoms with E-state index in [0.29, 0.717) is 19.5 Å². The van der Waals surface area contributed by atoms with E-state index in [0.717, 1.165) is 43.4 Å². The highest BCUT2D eigenvalue weighted by Gasteiger charge is 2.22. The molecule has 3 heterocycles. The lowest BCUT2D eigenvalue weighted by Crippen LogP contribution is -2.49. The fourth-order valence-electron chi connectivity index (χ4n) is 3.68. The van der Waals surface area contributed by atoms with Crippen molar-refractivity contribution in [3.05, 3.63) is 47.8 Å². The van der Waals surface area contributed by atoms with Crippen molar-refractivity contribution in [1.29, 1.82) is 0 Å². The van der Waals surface area contributed by atoms with Gasteiger partial charge in [-0.15, -0.1) is 10.2 Å². The number of hydrogen-bond donors (Lipinski definition) is 0. The Bertz CT molecular complexity index is 766. The van der Waals surface area contributed by atoms with Crippen molar-refractivity contribution < 1.29 is 9.18 Å². The van der Waals surface area contributed by atoms with E-state index in [-0.39, 0.29) is 11.7 Å². The van der Waals surface area contributed by atoms with E-state index in [9.17, 15) is 9.18 Å². The van der Waals surface area contributed by atoms with Crippen molar-refractivity contribution in [3.8, 4) is 0 Å². The Morgan fingerprint density at radius 3 is 1.93 bits per heavy atom. The molecule has 1 aromatic heterocycles. The summed E-state index contributed by atoms with van der Waals surface area (Å²) in [6.07, 6.45) is 2.75. The number of rotatable bonds is 4. The molecule has 2 aliphatic rings. The molecule has 2 aliphatic heterocycles. The molecule has 0 unspecified atom stereocenters. The summed E-state index contributed by atoms with van der Waals surface area (Å²) in [4.78, 5) is 18.8. The van der Waals surface area contributed by atoms with Gasteiger partial charge < -0.3 is 14.7 Å². The van der Waals surface area contributed by atoms with Gasteiger partial charge in [0.05, 0.1) is 6.42 Å². The van der Waals surface area contributed by atoms with Crippen molar-refractivity contribution in [2.75, 3.05) is 49.1 Å². The average molecular weight is 369 g/mol. The summed E-state index contributed by atoms with van der Waals surface area (Å²) in [7, 11) is 0. The molecule has 1 amide bonds. The predicted molar refractivity (Wildman–Crippen MR) is 102 cm³/mol. The van der Waals surface area contributed by atoms with Gasteiger partial charge in [-0.05, 0) is 42.7 Å². The second-order valence-electron chi connectivity index (χ2n) is 7.11. The molecule has 142 valence electrons. The zero-order valence-corrected chi connectivity index (χ0v) is 15.4. The first kappa shape index (κ1) is 17.7. The van der Waals surface area contributed by atoms with Gasteiger partial charge in [-0.1, -0.05) is 12.1 Å². The van der Waals surface area contributed by atoms with E-state index in [4.69, 9.17) is 0 Å². The Hall–Kier alpha value is -2.70. The summed E-state index contributed by atoms with van der Waals surface area (Å²) < 4.78 is 13.0. The Labute approximate surface area is 158 Å². The molecular formula is C20H24FN5O. The number of benzene rings is 1. The summed E-state index contributed by atoms with van der Waals surface area (Å²) in [5.74, 6) is 1.61. The summed E-state index contributed by atoms with van der Waals surface area (Å²) in [6, 6.07) is 10.2. The highest BCUT2D eigenvalue weighted by atomic mass is 19.1. The fraction of sp³-hybridized carbons (Fsp3) is 0.450. The van der Waals surface area contributed by atoms with Crippen LogP contribution in [0.1, 0.15) is 18.4 Å². The SMILES string of the molecule is O=C(Cc1ccc(F)cc1)N1CCN(c2ccc(N3CCCC3)nn2)CC1. The maximum Gasteiger partial charge on any atom is 0.227 e. The minimum atomic E-state index is -0.281. The fourth-order valence-corrected chi connectivity index (χ4v) is 3.68. The molecule has 0 spiro atoms. The van der Waals surface area contributed by atoms with Crippen LogP contribution in [0.2, 0.25) is 0 Å². The largest absolute Gasteiger partial charge is 0.355 e. The number of aromatic nitrogens is 2. The molecule has 0 radical (unpaired) electrons. The first-order chi connectivity index (χ1) is 13.2. The first-order valence-corrected chi connectivity index (χ1v) is 9.55. The van der Waals surface area contributed by atoms with Gasteiger partial charge in [-0.3, -0.25) is 4.79 Å². The second kappa shape index (κ2) is 7.90. The Kier molecular flexibility index (Phi) is 5.18. The van der Waals surface area contributed by atoms with Gasteiger partial charge in [0.1, 0.15) is 5.82 Å². The molecule has 4 rings (SSSR count). The van der Waals surface area contributed by atoms with Crippen LogP contribution in [-0.2, 0) is 11.2 Å². The van der Waals surface area contributed by atoms with Gasteiger partial charge in [0, 0.05) is 39.3 Å². The van der Waals surface area contributed by atoms with Gasteiger partial charge in [-0.2, -0.15) is 0 Å². The van der Waals surface area contributed by atoms with E-state index >= 15 is 0 Å². The molecule has 0 saturated carbocycles. The monoisotopic (exact) mass is 369 g/mol. The molecule has 0 N–H and O–H groups in total. The van der Waals surface area contributed by atoms with Gasteiger partial charge in [0.2, 0.25) is 5.91 Å². The molecule has 1 aromatic carbocycles. The van der Waals surface area contributed by atoms with E-state index in [1.54, 1.807) is 12.1 Å². The molecule has 0 atom stereocenters. The summed E-state index contributed by atoms with van der Waals surface area (Å²) >= 11 is 0. The molecule has 2 fully saturated rings. The van der Waals surface area contributed by atoms with Crippen molar-refractivity contribution in [3.63, 3.8) is 0 Å². The number of amides is 1. The lowest BCUT2D eigenvalue weighted by molar-refractivity contribution is -0.130. The van der Waals surface area contributed by atoms with Crippen LogP contribution < -0.4 is 9.80 Å². The number of carbonyl (C=O) groups excluding carboxylic acids is 1. The minimum Gasteiger partial charge on any atom is -0.355 e. The number of nitrogens with zero attached hydrogens (tertiary/aromatic N) is 5. The second-order valence-corrected chi connectivity index (χ2v) is 7.11. The van der Waals surface area contributed by atoms with Crippen LogP contribution in [0, 0.1) is 5.82 Å².